The molecule has 0 spiro atoms. The Kier molecular flexibility index (Phi) is 9.35. The van der Waals surface area contributed by atoms with E-state index in [9.17, 15) is 0 Å². The fourth-order valence-corrected chi connectivity index (χ4v) is 9.88. The van der Waals surface area contributed by atoms with Crippen LogP contribution in [-0.4, -0.2) is 19.9 Å². The largest absolute Gasteiger partial charge is 0.248 e. The van der Waals surface area contributed by atoms with E-state index in [2.05, 4.69) is 182 Å². The summed E-state index contributed by atoms with van der Waals surface area (Å²) in [6.45, 7) is 0. The maximum atomic E-state index is 5.65. The molecular weight excluding hydrogens is 789 g/mol. The van der Waals surface area contributed by atoms with Crippen LogP contribution in [0.5, 0.6) is 0 Å². The lowest BCUT2D eigenvalue weighted by molar-refractivity contribution is 0.769. The van der Waals surface area contributed by atoms with Gasteiger partial charge in [0.25, 0.3) is 0 Å². The Balaban J connectivity index is 1.13. The molecule has 2 heterocycles. The first-order valence-corrected chi connectivity index (χ1v) is 22.1. The molecular formula is C61H40N4. The van der Waals surface area contributed by atoms with Gasteiger partial charge in [-0.1, -0.05) is 218 Å². The molecule has 0 unspecified atom stereocenters. The molecule has 0 aliphatic heterocycles. The minimum Gasteiger partial charge on any atom is -0.248 e. The van der Waals surface area contributed by atoms with Crippen molar-refractivity contribution in [3.8, 4) is 78.8 Å². The molecule has 0 bridgehead atoms. The zero-order chi connectivity index (χ0) is 43.2. The lowest BCUT2D eigenvalue weighted by Gasteiger charge is -2.34. The maximum absolute atomic E-state index is 5.65. The minimum absolute atomic E-state index is 0.562. The lowest BCUT2D eigenvalue weighted by Crippen LogP contribution is -2.28. The number of hydrogen-bond donors (Lipinski definition) is 0. The van der Waals surface area contributed by atoms with Crippen molar-refractivity contribution in [3.05, 3.63) is 265 Å². The van der Waals surface area contributed by atoms with Gasteiger partial charge in [0, 0.05) is 27.6 Å². The molecule has 12 rings (SSSR count). The number of pyridine rings is 1. The van der Waals surface area contributed by atoms with Crippen LogP contribution in [0.2, 0.25) is 0 Å². The highest BCUT2D eigenvalue weighted by Crippen LogP contribution is 2.57. The smallest absolute Gasteiger partial charge is 0.164 e. The van der Waals surface area contributed by atoms with Crippen LogP contribution in [0.15, 0.2) is 243 Å². The van der Waals surface area contributed by atoms with Crippen molar-refractivity contribution < 1.29 is 0 Å². The molecule has 4 heteroatoms. The molecule has 11 aromatic rings. The van der Waals surface area contributed by atoms with Crippen molar-refractivity contribution in [3.63, 3.8) is 0 Å². The normalized spacial score (nSPS) is 12.4. The lowest BCUT2D eigenvalue weighted by atomic mass is 9.67. The first-order chi connectivity index (χ1) is 32.2. The third kappa shape index (κ3) is 6.54. The standard InChI is InChI=1S/C61H40N4/c1-6-21-41(22-7-1)48-33-16-17-35-50(48)56-39-51(44-27-20-28-45(37-44)60-64-58(42-23-8-2-9-24-42)63-59(65-60)43-25-10-3-11-26-43)53-38-52-49-34-18-19-36-54(49)61(46-29-12-4-13-30-46,47-31-14-5-15-32-47)55(52)40-57(53)62-56/h1-40H. The number of rotatable bonds is 8. The predicted molar refractivity (Wildman–Crippen MR) is 265 cm³/mol. The molecule has 0 amide bonds. The van der Waals surface area contributed by atoms with Crippen LogP contribution >= 0.6 is 0 Å². The molecule has 1 aliphatic carbocycles. The number of nitrogens with zero attached hydrogens (tertiary/aromatic N) is 4. The van der Waals surface area contributed by atoms with Gasteiger partial charge >= 0.3 is 0 Å². The van der Waals surface area contributed by atoms with Crippen LogP contribution in [0, 0.1) is 0 Å². The Bertz CT molecular complexity index is 3420. The van der Waals surface area contributed by atoms with E-state index in [4.69, 9.17) is 19.9 Å². The SMILES string of the molecule is c1ccc(-c2nc(-c3ccccc3)nc(-c3cccc(-c4cc(-c5ccccc5-c5ccccc5)nc5cc6c(cc45)-c4ccccc4C6(c4ccccc4)c4ccccc4)c3)n2)cc1. The summed E-state index contributed by atoms with van der Waals surface area (Å²) >= 11 is 0. The highest BCUT2D eigenvalue weighted by Gasteiger charge is 2.46. The van der Waals surface area contributed by atoms with Crippen LogP contribution in [0.4, 0.5) is 0 Å². The minimum atomic E-state index is -0.562. The van der Waals surface area contributed by atoms with Crippen molar-refractivity contribution >= 4 is 10.9 Å². The highest BCUT2D eigenvalue weighted by molar-refractivity contribution is 6.03. The summed E-state index contributed by atoms with van der Waals surface area (Å²) in [5, 5.41) is 1.07. The van der Waals surface area contributed by atoms with Crippen molar-refractivity contribution in [2.24, 2.45) is 0 Å². The van der Waals surface area contributed by atoms with Crippen LogP contribution in [0.3, 0.4) is 0 Å². The maximum Gasteiger partial charge on any atom is 0.164 e. The van der Waals surface area contributed by atoms with Gasteiger partial charge < -0.3 is 0 Å². The van der Waals surface area contributed by atoms with Gasteiger partial charge in [0.05, 0.1) is 16.6 Å². The van der Waals surface area contributed by atoms with E-state index < -0.39 is 5.41 Å². The molecule has 2 aromatic heterocycles. The molecule has 0 atom stereocenters. The first-order valence-electron chi connectivity index (χ1n) is 22.1. The van der Waals surface area contributed by atoms with E-state index >= 15 is 0 Å². The van der Waals surface area contributed by atoms with Crippen LogP contribution in [0.1, 0.15) is 22.3 Å². The second kappa shape index (κ2) is 15.9. The van der Waals surface area contributed by atoms with E-state index in [1.165, 1.54) is 33.4 Å². The second-order valence-electron chi connectivity index (χ2n) is 16.5. The van der Waals surface area contributed by atoms with Gasteiger partial charge in [-0.05, 0) is 79.9 Å². The van der Waals surface area contributed by atoms with Crippen molar-refractivity contribution in [1.29, 1.82) is 0 Å². The molecule has 304 valence electrons. The van der Waals surface area contributed by atoms with Crippen molar-refractivity contribution in [2.45, 2.75) is 5.41 Å². The third-order valence-electron chi connectivity index (χ3n) is 12.8. The van der Waals surface area contributed by atoms with Gasteiger partial charge in [-0.15, -0.1) is 0 Å². The average Bonchev–Trinajstić information content (AvgIpc) is 3.68. The molecule has 9 aromatic carbocycles. The van der Waals surface area contributed by atoms with E-state index in [1.807, 2.05) is 60.7 Å². The Morgan fingerprint density at radius 3 is 1.32 bits per heavy atom. The molecule has 0 radical (unpaired) electrons. The average molecular weight is 829 g/mol. The number of benzene rings is 9. The zero-order valence-electron chi connectivity index (χ0n) is 35.4. The van der Waals surface area contributed by atoms with E-state index in [1.54, 1.807) is 0 Å². The topological polar surface area (TPSA) is 51.6 Å². The molecule has 65 heavy (non-hydrogen) atoms. The van der Waals surface area contributed by atoms with Gasteiger partial charge in [-0.2, -0.15) is 0 Å². The summed E-state index contributed by atoms with van der Waals surface area (Å²) in [5.74, 6) is 1.87. The molecule has 1 aliphatic rings. The summed E-state index contributed by atoms with van der Waals surface area (Å²) in [6.07, 6.45) is 0. The molecule has 0 saturated heterocycles. The fraction of sp³-hybridized carbons (Fsp3) is 0.0164. The van der Waals surface area contributed by atoms with E-state index in [0.29, 0.717) is 17.5 Å². The van der Waals surface area contributed by atoms with Crippen molar-refractivity contribution in [1.82, 2.24) is 19.9 Å². The van der Waals surface area contributed by atoms with Crippen LogP contribution < -0.4 is 0 Å². The van der Waals surface area contributed by atoms with Gasteiger partial charge in [-0.3, -0.25) is 0 Å². The van der Waals surface area contributed by atoms with Crippen LogP contribution in [0.25, 0.3) is 89.7 Å². The van der Waals surface area contributed by atoms with Gasteiger partial charge in [0.15, 0.2) is 17.5 Å². The number of hydrogen-bond acceptors (Lipinski definition) is 4. The summed E-state index contributed by atoms with van der Waals surface area (Å²) < 4.78 is 0. The second-order valence-corrected chi connectivity index (χ2v) is 16.5. The molecule has 0 fully saturated rings. The number of fused-ring (bicyclic) bond motifs is 4. The quantitative estimate of drug-likeness (QED) is 0.153. The fourth-order valence-electron chi connectivity index (χ4n) is 9.88. The predicted octanol–water partition coefficient (Wildman–Crippen LogP) is 14.8. The summed E-state index contributed by atoms with van der Waals surface area (Å²) in [4.78, 5) is 20.9. The zero-order valence-corrected chi connectivity index (χ0v) is 35.4. The summed E-state index contributed by atoms with van der Waals surface area (Å²) in [7, 11) is 0. The summed E-state index contributed by atoms with van der Waals surface area (Å²) in [5.41, 5.74) is 16.8. The summed E-state index contributed by atoms with van der Waals surface area (Å²) in [6, 6.07) is 86.0. The highest BCUT2D eigenvalue weighted by atomic mass is 15.0. The first kappa shape index (κ1) is 38.1. The van der Waals surface area contributed by atoms with Gasteiger partial charge in [0.2, 0.25) is 0 Å². The molecule has 0 N–H and O–H groups in total. The monoisotopic (exact) mass is 828 g/mol. The van der Waals surface area contributed by atoms with E-state index in [0.717, 1.165) is 61.1 Å². The Morgan fingerprint density at radius 2 is 0.723 bits per heavy atom. The Morgan fingerprint density at radius 1 is 0.262 bits per heavy atom. The third-order valence-corrected chi connectivity index (χ3v) is 12.8. The Hall–Kier alpha value is -8.60. The Labute approximate surface area is 378 Å². The van der Waals surface area contributed by atoms with Crippen molar-refractivity contribution in [2.75, 3.05) is 0 Å². The van der Waals surface area contributed by atoms with Gasteiger partial charge in [0.1, 0.15) is 0 Å². The molecule has 0 saturated carbocycles. The van der Waals surface area contributed by atoms with Gasteiger partial charge in [-0.25, -0.2) is 19.9 Å². The number of aromatic nitrogens is 4. The van der Waals surface area contributed by atoms with Crippen LogP contribution in [-0.2, 0) is 5.41 Å². The molecule has 4 nitrogen and oxygen atoms in total. The van der Waals surface area contributed by atoms with E-state index in [-0.39, 0.29) is 0 Å².